The maximum atomic E-state index is 10.7. The number of Topliss-reactive ketones (excluding diaryl/α,β-unsaturated/α-hetero) is 1. The van der Waals surface area contributed by atoms with Crippen LogP contribution in [0, 0.1) is 6.92 Å². The Bertz CT molecular complexity index is 350. The third kappa shape index (κ3) is 7.05. The fraction of sp³-hybridized carbons (Fsp3) is 0.500. The van der Waals surface area contributed by atoms with Crippen LogP contribution in [0.3, 0.4) is 0 Å². The fourth-order valence-corrected chi connectivity index (χ4v) is 2.33. The van der Waals surface area contributed by atoms with Crippen LogP contribution in [0.5, 0.6) is 5.75 Å². The lowest BCUT2D eigenvalue weighted by molar-refractivity contribution is -0.116. The third-order valence-electron chi connectivity index (χ3n) is 2.29. The molecule has 17 heavy (non-hydrogen) atoms. The first kappa shape index (κ1) is 14.1. The summed E-state index contributed by atoms with van der Waals surface area (Å²) in [6.07, 6.45) is 1.71. The van der Waals surface area contributed by atoms with Crippen molar-refractivity contribution in [1.29, 1.82) is 0 Å². The van der Waals surface area contributed by atoms with Crippen LogP contribution in [-0.4, -0.2) is 23.9 Å². The van der Waals surface area contributed by atoms with Crippen molar-refractivity contribution in [3.63, 3.8) is 0 Å². The standard InChI is InChI=1S/C14H20O2S/c1-12-5-3-6-14(11-12)16-8-4-9-17-10-7-13(2)15/h3,5-6,11H,4,7-10H2,1-2H3. The minimum Gasteiger partial charge on any atom is -0.494 e. The van der Waals surface area contributed by atoms with E-state index in [9.17, 15) is 4.79 Å². The van der Waals surface area contributed by atoms with Crippen LogP contribution in [-0.2, 0) is 4.79 Å². The van der Waals surface area contributed by atoms with Gasteiger partial charge in [-0.1, -0.05) is 12.1 Å². The molecule has 0 heterocycles. The number of thioether (sulfide) groups is 1. The smallest absolute Gasteiger partial charge is 0.130 e. The molecule has 0 radical (unpaired) electrons. The average molecular weight is 252 g/mol. The van der Waals surface area contributed by atoms with Crippen LogP contribution in [0.2, 0.25) is 0 Å². The molecule has 1 aromatic rings. The molecule has 94 valence electrons. The van der Waals surface area contributed by atoms with Gasteiger partial charge in [-0.3, -0.25) is 4.79 Å². The molecule has 2 nitrogen and oxygen atoms in total. The van der Waals surface area contributed by atoms with Gasteiger partial charge in [0.1, 0.15) is 11.5 Å². The number of hydrogen-bond acceptors (Lipinski definition) is 3. The summed E-state index contributed by atoms with van der Waals surface area (Å²) < 4.78 is 5.63. The van der Waals surface area contributed by atoms with Gasteiger partial charge in [-0.05, 0) is 43.7 Å². The second-order valence-electron chi connectivity index (χ2n) is 4.08. The van der Waals surface area contributed by atoms with Gasteiger partial charge >= 0.3 is 0 Å². The SMILES string of the molecule is CC(=O)CCSCCCOc1cccc(C)c1. The van der Waals surface area contributed by atoms with Crippen molar-refractivity contribution in [2.75, 3.05) is 18.1 Å². The summed E-state index contributed by atoms with van der Waals surface area (Å²) in [5, 5.41) is 0. The summed E-state index contributed by atoms with van der Waals surface area (Å²) in [4.78, 5) is 10.7. The van der Waals surface area contributed by atoms with Crippen molar-refractivity contribution in [1.82, 2.24) is 0 Å². The highest BCUT2D eigenvalue weighted by Crippen LogP contribution is 2.13. The lowest BCUT2D eigenvalue weighted by atomic mass is 10.2. The molecule has 0 N–H and O–H groups in total. The lowest BCUT2D eigenvalue weighted by Gasteiger charge is -2.06. The van der Waals surface area contributed by atoms with Crippen molar-refractivity contribution in [2.24, 2.45) is 0 Å². The number of rotatable bonds is 8. The molecule has 0 aromatic heterocycles. The predicted octanol–water partition coefficient (Wildman–Crippen LogP) is 3.48. The first-order chi connectivity index (χ1) is 8.18. The second-order valence-corrected chi connectivity index (χ2v) is 5.31. The molecule has 0 bridgehead atoms. The van der Waals surface area contributed by atoms with Gasteiger partial charge in [-0.25, -0.2) is 0 Å². The van der Waals surface area contributed by atoms with Crippen molar-refractivity contribution < 1.29 is 9.53 Å². The van der Waals surface area contributed by atoms with E-state index in [4.69, 9.17) is 4.74 Å². The number of carbonyl (C=O) groups excluding carboxylic acids is 1. The maximum absolute atomic E-state index is 10.7. The van der Waals surface area contributed by atoms with E-state index in [-0.39, 0.29) is 5.78 Å². The van der Waals surface area contributed by atoms with E-state index in [1.807, 2.05) is 30.0 Å². The molecular formula is C14H20O2S. The number of ketones is 1. The molecule has 0 saturated carbocycles. The average Bonchev–Trinajstić information content (AvgIpc) is 2.27. The van der Waals surface area contributed by atoms with E-state index in [1.165, 1.54) is 5.56 Å². The molecule has 1 aromatic carbocycles. The van der Waals surface area contributed by atoms with E-state index in [2.05, 4.69) is 13.0 Å². The summed E-state index contributed by atoms with van der Waals surface area (Å²) in [7, 11) is 0. The van der Waals surface area contributed by atoms with Gasteiger partial charge in [-0.15, -0.1) is 0 Å². The minimum absolute atomic E-state index is 0.272. The topological polar surface area (TPSA) is 26.3 Å². The number of carbonyl (C=O) groups is 1. The molecule has 0 atom stereocenters. The quantitative estimate of drug-likeness (QED) is 0.663. The fourth-order valence-electron chi connectivity index (χ4n) is 1.37. The Kier molecular flexibility index (Phi) is 6.78. The molecule has 0 aliphatic rings. The zero-order valence-electron chi connectivity index (χ0n) is 10.6. The van der Waals surface area contributed by atoms with E-state index < -0.39 is 0 Å². The van der Waals surface area contributed by atoms with Crippen LogP contribution in [0.25, 0.3) is 0 Å². The first-order valence-corrected chi connectivity index (χ1v) is 7.10. The van der Waals surface area contributed by atoms with Gasteiger partial charge in [-0.2, -0.15) is 11.8 Å². The highest BCUT2D eigenvalue weighted by Gasteiger charge is 1.96. The van der Waals surface area contributed by atoms with Crippen LogP contribution >= 0.6 is 11.8 Å². The molecular weight excluding hydrogens is 232 g/mol. The van der Waals surface area contributed by atoms with Gasteiger partial charge < -0.3 is 4.74 Å². The van der Waals surface area contributed by atoms with Crippen molar-refractivity contribution >= 4 is 17.5 Å². The van der Waals surface area contributed by atoms with Gasteiger partial charge in [0.05, 0.1) is 6.61 Å². The molecule has 0 saturated heterocycles. The van der Waals surface area contributed by atoms with E-state index >= 15 is 0 Å². The summed E-state index contributed by atoms with van der Waals surface area (Å²) in [5.74, 6) is 3.20. The highest BCUT2D eigenvalue weighted by molar-refractivity contribution is 7.99. The zero-order valence-corrected chi connectivity index (χ0v) is 11.4. The molecule has 0 aliphatic carbocycles. The largest absolute Gasteiger partial charge is 0.494 e. The van der Waals surface area contributed by atoms with Crippen molar-refractivity contribution in [2.45, 2.75) is 26.7 Å². The van der Waals surface area contributed by atoms with E-state index in [0.29, 0.717) is 6.42 Å². The van der Waals surface area contributed by atoms with Gasteiger partial charge in [0.15, 0.2) is 0 Å². The second kappa shape index (κ2) is 8.18. The Balaban J connectivity index is 2.03. The van der Waals surface area contributed by atoms with Crippen LogP contribution in [0.15, 0.2) is 24.3 Å². The Morgan fingerprint density at radius 1 is 1.35 bits per heavy atom. The molecule has 1 rings (SSSR count). The Hall–Kier alpha value is -0.960. The molecule has 0 aliphatic heterocycles. The van der Waals surface area contributed by atoms with Crippen molar-refractivity contribution in [3.8, 4) is 5.75 Å². The predicted molar refractivity (Wildman–Crippen MR) is 73.9 cm³/mol. The van der Waals surface area contributed by atoms with Gasteiger partial charge in [0.2, 0.25) is 0 Å². The molecule has 3 heteroatoms. The zero-order chi connectivity index (χ0) is 12.5. The molecule has 0 amide bonds. The van der Waals surface area contributed by atoms with Crippen LogP contribution < -0.4 is 4.74 Å². The van der Waals surface area contributed by atoms with Crippen molar-refractivity contribution in [3.05, 3.63) is 29.8 Å². The Morgan fingerprint density at radius 2 is 2.18 bits per heavy atom. The lowest BCUT2D eigenvalue weighted by Crippen LogP contribution is -2.00. The Labute approximate surface area is 108 Å². The summed E-state index contributed by atoms with van der Waals surface area (Å²) >= 11 is 1.82. The number of ether oxygens (including phenoxy) is 1. The van der Waals surface area contributed by atoms with E-state index in [1.54, 1.807) is 6.92 Å². The van der Waals surface area contributed by atoms with Crippen LogP contribution in [0.4, 0.5) is 0 Å². The summed E-state index contributed by atoms with van der Waals surface area (Å²) in [6.45, 7) is 4.45. The highest BCUT2D eigenvalue weighted by atomic mass is 32.2. The monoisotopic (exact) mass is 252 g/mol. The number of hydrogen-bond donors (Lipinski definition) is 0. The normalized spacial score (nSPS) is 10.2. The number of benzene rings is 1. The van der Waals surface area contributed by atoms with Crippen LogP contribution in [0.1, 0.15) is 25.3 Å². The summed E-state index contributed by atoms with van der Waals surface area (Å²) in [6, 6.07) is 8.09. The maximum Gasteiger partial charge on any atom is 0.130 e. The van der Waals surface area contributed by atoms with E-state index in [0.717, 1.165) is 30.3 Å². The van der Waals surface area contributed by atoms with Gasteiger partial charge in [0.25, 0.3) is 0 Å². The number of aryl methyl sites for hydroxylation is 1. The Morgan fingerprint density at radius 3 is 2.88 bits per heavy atom. The molecule has 0 spiro atoms. The minimum atomic E-state index is 0.272. The molecule has 0 unspecified atom stereocenters. The third-order valence-corrected chi connectivity index (χ3v) is 3.36. The molecule has 0 fully saturated rings. The first-order valence-electron chi connectivity index (χ1n) is 5.95. The summed E-state index contributed by atoms with van der Waals surface area (Å²) in [5.41, 5.74) is 1.22. The van der Waals surface area contributed by atoms with Gasteiger partial charge in [0, 0.05) is 12.2 Å².